The third-order valence-corrected chi connectivity index (χ3v) is 9.82. The molecule has 0 bridgehead atoms. The maximum atomic E-state index is 12.7. The number of aliphatic carboxylic acids is 1. The highest BCUT2D eigenvalue weighted by Crippen LogP contribution is 2.14. The van der Waals surface area contributed by atoms with Gasteiger partial charge in [-0.1, -0.05) is 151 Å². The number of likely N-dealkylation sites (N-methyl/N-ethyl adjacent to an activating group) is 1. The zero-order valence-corrected chi connectivity index (χ0v) is 37.7. The molecule has 1 N–H and O–H groups in total. The quantitative estimate of drug-likeness (QED) is 0.0285. The van der Waals surface area contributed by atoms with Crippen molar-refractivity contribution < 1.29 is 38.2 Å². The molecule has 0 spiro atoms. The maximum Gasteiger partial charge on any atom is 0.362 e. The number of rotatable bonds is 40. The molecule has 0 radical (unpaired) electrons. The molecule has 2 unspecified atom stereocenters. The average molecular weight is 813 g/mol. The first-order valence-electron chi connectivity index (χ1n) is 23.0. The van der Waals surface area contributed by atoms with E-state index in [1.54, 1.807) is 0 Å². The minimum atomic E-state index is -0.881. The van der Waals surface area contributed by atoms with Crippen molar-refractivity contribution in [2.75, 3.05) is 41.0 Å². The van der Waals surface area contributed by atoms with Crippen LogP contribution in [0, 0.1) is 0 Å². The van der Waals surface area contributed by atoms with Gasteiger partial charge in [-0.3, -0.25) is 9.59 Å². The Kier molecular flexibility index (Phi) is 38.3. The van der Waals surface area contributed by atoms with Gasteiger partial charge in [0, 0.05) is 19.3 Å². The van der Waals surface area contributed by atoms with Crippen LogP contribution < -0.4 is 0 Å². The second-order valence-corrected chi connectivity index (χ2v) is 16.3. The van der Waals surface area contributed by atoms with E-state index in [0.717, 1.165) is 103 Å². The second-order valence-electron chi connectivity index (χ2n) is 16.3. The van der Waals surface area contributed by atoms with Crippen LogP contribution in [0.3, 0.4) is 0 Å². The zero-order chi connectivity index (χ0) is 42.8. The molecule has 0 heterocycles. The molecule has 0 rings (SSSR count). The Bertz CT molecular complexity index is 1180. The normalized spacial score (nSPS) is 13.6. The number of hydrogen-bond acceptors (Lipinski definition) is 6. The van der Waals surface area contributed by atoms with Crippen molar-refractivity contribution in [3.63, 3.8) is 0 Å². The number of ether oxygens (including phenoxy) is 3. The molecule has 0 saturated carbocycles. The molecule has 0 fully saturated rings. The summed E-state index contributed by atoms with van der Waals surface area (Å²) < 4.78 is 17.3. The van der Waals surface area contributed by atoms with E-state index in [4.69, 9.17) is 14.2 Å². The van der Waals surface area contributed by atoms with E-state index in [-0.39, 0.29) is 36.2 Å². The van der Waals surface area contributed by atoms with Crippen molar-refractivity contribution in [1.82, 2.24) is 0 Å². The summed E-state index contributed by atoms with van der Waals surface area (Å²) in [5.41, 5.74) is 0. The number of nitrogens with zero attached hydrogens (tertiary/aromatic N) is 1. The van der Waals surface area contributed by atoms with Crippen LogP contribution in [0.5, 0.6) is 0 Å². The molecule has 0 aliphatic carbocycles. The van der Waals surface area contributed by atoms with Crippen molar-refractivity contribution in [2.24, 2.45) is 0 Å². The molecule has 2 atom stereocenters. The van der Waals surface area contributed by atoms with Crippen LogP contribution in [-0.2, 0) is 28.6 Å². The number of allylic oxidation sites excluding steroid dienone is 12. The highest BCUT2D eigenvalue weighted by atomic mass is 16.6. The Morgan fingerprint density at radius 2 is 0.966 bits per heavy atom. The monoisotopic (exact) mass is 813 g/mol. The lowest BCUT2D eigenvalue weighted by Gasteiger charge is -2.31. The summed E-state index contributed by atoms with van der Waals surface area (Å²) in [6.45, 7) is 4.53. The number of quaternary nitrogens is 1. The van der Waals surface area contributed by atoms with E-state index < -0.39 is 18.1 Å². The minimum absolute atomic E-state index is 0.0499. The van der Waals surface area contributed by atoms with Crippen LogP contribution in [-0.4, -0.2) is 80.6 Å². The van der Waals surface area contributed by atoms with Gasteiger partial charge in [0.2, 0.25) is 0 Å². The SMILES string of the molecule is CC/C=C\C/C=C\C/C=C\C/C=C\CCCCCCCCCCC(=O)OC(COCCC(C(=O)O)[N+](C)(C)C)COC(=O)CCCCCCC/C=C\C/C=C\CCC. The van der Waals surface area contributed by atoms with Crippen LogP contribution in [0.1, 0.15) is 174 Å². The van der Waals surface area contributed by atoms with E-state index in [1.165, 1.54) is 38.5 Å². The number of carboxylic acids is 1. The average Bonchev–Trinajstić information content (AvgIpc) is 3.18. The fraction of sp³-hybridized carbons (Fsp3) is 0.700. The Labute approximate surface area is 355 Å². The first-order chi connectivity index (χ1) is 28.1. The molecule has 0 saturated heterocycles. The number of carboxylic acid groups (broad SMARTS) is 1. The number of hydrogen-bond donors (Lipinski definition) is 1. The molecule has 0 aliphatic heterocycles. The van der Waals surface area contributed by atoms with Crippen molar-refractivity contribution >= 4 is 17.9 Å². The molecule has 0 amide bonds. The summed E-state index contributed by atoms with van der Waals surface area (Å²) in [7, 11) is 5.51. The third-order valence-electron chi connectivity index (χ3n) is 9.82. The van der Waals surface area contributed by atoms with Crippen LogP contribution >= 0.6 is 0 Å². The lowest BCUT2D eigenvalue weighted by molar-refractivity contribution is -0.887. The van der Waals surface area contributed by atoms with Gasteiger partial charge in [0.1, 0.15) is 6.61 Å². The van der Waals surface area contributed by atoms with Gasteiger partial charge in [0.05, 0.1) is 34.4 Å². The number of carbonyl (C=O) groups excluding carboxylic acids is 2. The van der Waals surface area contributed by atoms with Crippen molar-refractivity contribution in [1.29, 1.82) is 0 Å². The molecule has 8 heteroatoms. The van der Waals surface area contributed by atoms with Gasteiger partial charge in [-0.05, 0) is 77.0 Å². The molecule has 0 aromatic rings. The van der Waals surface area contributed by atoms with Crippen LogP contribution in [0.4, 0.5) is 0 Å². The van der Waals surface area contributed by atoms with Gasteiger partial charge < -0.3 is 23.8 Å². The van der Waals surface area contributed by atoms with E-state index in [1.807, 2.05) is 21.1 Å². The lowest BCUT2D eigenvalue weighted by atomic mass is 10.1. The van der Waals surface area contributed by atoms with Crippen molar-refractivity contribution in [3.8, 4) is 0 Å². The second kappa shape index (κ2) is 40.5. The van der Waals surface area contributed by atoms with Crippen molar-refractivity contribution in [3.05, 3.63) is 72.9 Å². The molecule has 8 nitrogen and oxygen atoms in total. The van der Waals surface area contributed by atoms with Gasteiger partial charge >= 0.3 is 17.9 Å². The van der Waals surface area contributed by atoms with Gasteiger partial charge in [0.25, 0.3) is 0 Å². The standard InChI is InChI=1S/C50H85NO7/c1-6-8-10-12-14-16-18-20-21-22-23-24-25-26-27-29-31-33-35-37-39-41-49(53)58-46(44-56-43-42-47(50(54)55)51(3,4)5)45-57-48(52)40-38-36-34-32-30-28-19-17-15-13-11-9-7-2/h8,10-11,13-14,16-17,19-21,23-24,46-47H,6-7,9,12,15,18,22,25-45H2,1-5H3/p+1/b10-8-,13-11-,16-14-,19-17-,21-20-,24-23-. The summed E-state index contributed by atoms with van der Waals surface area (Å²) in [5.74, 6) is -1.50. The molecule has 332 valence electrons. The van der Waals surface area contributed by atoms with Crippen LogP contribution in [0.15, 0.2) is 72.9 Å². The summed E-state index contributed by atoms with van der Waals surface area (Å²) in [6.07, 6.45) is 50.8. The topological polar surface area (TPSA) is 99.1 Å². The van der Waals surface area contributed by atoms with Gasteiger partial charge in [-0.2, -0.15) is 0 Å². The fourth-order valence-corrected chi connectivity index (χ4v) is 6.30. The first-order valence-corrected chi connectivity index (χ1v) is 23.0. The summed E-state index contributed by atoms with van der Waals surface area (Å²) in [5, 5.41) is 9.63. The smallest absolute Gasteiger partial charge is 0.362 e. The highest BCUT2D eigenvalue weighted by Gasteiger charge is 2.31. The number of esters is 2. The minimum Gasteiger partial charge on any atom is -0.477 e. The van der Waals surface area contributed by atoms with Crippen LogP contribution in [0.2, 0.25) is 0 Å². The van der Waals surface area contributed by atoms with Gasteiger partial charge in [0.15, 0.2) is 12.1 Å². The predicted octanol–water partition coefficient (Wildman–Crippen LogP) is 12.7. The highest BCUT2D eigenvalue weighted by molar-refractivity contribution is 5.72. The molecule has 0 aliphatic rings. The van der Waals surface area contributed by atoms with Crippen molar-refractivity contribution in [2.45, 2.75) is 187 Å². The summed E-state index contributed by atoms with van der Waals surface area (Å²) >= 11 is 0. The molecule has 0 aromatic heterocycles. The fourth-order valence-electron chi connectivity index (χ4n) is 6.30. The van der Waals surface area contributed by atoms with E-state index in [9.17, 15) is 19.5 Å². The van der Waals surface area contributed by atoms with Crippen LogP contribution in [0.25, 0.3) is 0 Å². The Hall–Kier alpha value is -3.23. The maximum absolute atomic E-state index is 12.7. The van der Waals surface area contributed by atoms with E-state index in [0.29, 0.717) is 19.3 Å². The third kappa shape index (κ3) is 38.3. The lowest BCUT2D eigenvalue weighted by Crippen LogP contribution is -2.50. The van der Waals surface area contributed by atoms with E-state index in [2.05, 4.69) is 86.8 Å². The number of carbonyl (C=O) groups is 3. The van der Waals surface area contributed by atoms with Gasteiger partial charge in [-0.25, -0.2) is 4.79 Å². The summed E-state index contributed by atoms with van der Waals surface area (Å²) in [4.78, 5) is 37.0. The zero-order valence-electron chi connectivity index (χ0n) is 37.7. The molecular formula is C50H86NO7+. The Morgan fingerprint density at radius 1 is 0.534 bits per heavy atom. The Morgan fingerprint density at radius 3 is 1.43 bits per heavy atom. The Balaban J connectivity index is 4.33. The summed E-state index contributed by atoms with van der Waals surface area (Å²) in [6, 6.07) is -0.621. The molecular weight excluding hydrogens is 727 g/mol. The van der Waals surface area contributed by atoms with Gasteiger partial charge in [-0.15, -0.1) is 0 Å². The molecule has 0 aromatic carbocycles. The number of unbranched alkanes of at least 4 members (excludes halogenated alkanes) is 14. The molecule has 58 heavy (non-hydrogen) atoms. The predicted molar refractivity (Wildman–Crippen MR) is 243 cm³/mol. The van der Waals surface area contributed by atoms with E-state index >= 15 is 0 Å². The first kappa shape index (κ1) is 54.8. The largest absolute Gasteiger partial charge is 0.477 e.